The van der Waals surface area contributed by atoms with E-state index in [0.29, 0.717) is 6.54 Å². The van der Waals surface area contributed by atoms with Gasteiger partial charge in [0.15, 0.2) is 0 Å². The summed E-state index contributed by atoms with van der Waals surface area (Å²) in [5, 5.41) is 12.2. The molecular formula is C18H25NO2. The highest BCUT2D eigenvalue weighted by atomic mass is 16.3. The maximum absolute atomic E-state index is 11.5. The van der Waals surface area contributed by atoms with E-state index in [9.17, 15) is 9.90 Å². The van der Waals surface area contributed by atoms with Gasteiger partial charge in [0.05, 0.1) is 0 Å². The van der Waals surface area contributed by atoms with Crippen molar-refractivity contribution in [1.82, 2.24) is 5.32 Å². The van der Waals surface area contributed by atoms with E-state index in [4.69, 9.17) is 0 Å². The average molecular weight is 287 g/mol. The Balaban J connectivity index is 2.76. The molecule has 0 atom stereocenters. The molecule has 3 heteroatoms. The summed E-state index contributed by atoms with van der Waals surface area (Å²) in [7, 11) is 0. The molecule has 0 unspecified atom stereocenters. The number of nitrogens with one attached hydrogen (secondary N) is 1. The summed E-state index contributed by atoms with van der Waals surface area (Å²) in [6.07, 6.45) is 9.45. The van der Waals surface area contributed by atoms with Gasteiger partial charge in [0.25, 0.3) is 0 Å². The number of phenols is 1. The van der Waals surface area contributed by atoms with Gasteiger partial charge in [-0.3, -0.25) is 4.79 Å². The van der Waals surface area contributed by atoms with Gasteiger partial charge in [-0.25, -0.2) is 0 Å². The van der Waals surface area contributed by atoms with E-state index in [1.54, 1.807) is 24.3 Å². The number of allylic oxidation sites excluding steroid dienone is 3. The van der Waals surface area contributed by atoms with Gasteiger partial charge in [0, 0.05) is 12.6 Å². The van der Waals surface area contributed by atoms with Crippen LogP contribution >= 0.6 is 0 Å². The monoisotopic (exact) mass is 287 g/mol. The topological polar surface area (TPSA) is 49.3 Å². The minimum absolute atomic E-state index is 0.0614. The fourth-order valence-corrected chi connectivity index (χ4v) is 1.93. The van der Waals surface area contributed by atoms with Crippen LogP contribution in [0.1, 0.15) is 45.1 Å². The molecule has 21 heavy (non-hydrogen) atoms. The first-order valence-electron chi connectivity index (χ1n) is 7.61. The molecule has 0 saturated carbocycles. The third-order valence-corrected chi connectivity index (χ3v) is 3.13. The number of phenolic OH excluding ortho intramolecular Hbond substituents is 1. The number of amides is 1. The largest absolute Gasteiger partial charge is 0.508 e. The van der Waals surface area contributed by atoms with Crippen LogP contribution in [0.25, 0.3) is 5.57 Å². The number of hydrogen-bond donors (Lipinski definition) is 2. The predicted molar refractivity (Wildman–Crippen MR) is 88.0 cm³/mol. The van der Waals surface area contributed by atoms with Gasteiger partial charge in [0.1, 0.15) is 5.75 Å². The fraction of sp³-hybridized carbons (Fsp3) is 0.389. The number of carbonyl (C=O) groups is 1. The maximum Gasteiger partial charge on any atom is 0.243 e. The van der Waals surface area contributed by atoms with E-state index in [0.717, 1.165) is 31.2 Å². The predicted octanol–water partition coefficient (Wildman–Crippen LogP) is 4.05. The van der Waals surface area contributed by atoms with E-state index in [1.165, 1.54) is 5.57 Å². The highest BCUT2D eigenvalue weighted by Gasteiger charge is 2.01. The van der Waals surface area contributed by atoms with Crippen LogP contribution in [0.4, 0.5) is 0 Å². The molecule has 0 aromatic heterocycles. The molecule has 1 aromatic rings. The van der Waals surface area contributed by atoms with Crippen molar-refractivity contribution < 1.29 is 9.90 Å². The SMILES string of the molecule is CCCC/C(=C\C=C\C(=O)NCCC)c1ccc(O)cc1. The first-order chi connectivity index (χ1) is 10.2. The van der Waals surface area contributed by atoms with Crippen molar-refractivity contribution in [2.24, 2.45) is 0 Å². The average Bonchev–Trinajstić information content (AvgIpc) is 2.49. The Morgan fingerprint density at radius 3 is 2.52 bits per heavy atom. The molecule has 0 aliphatic rings. The normalized spacial score (nSPS) is 11.8. The Labute approximate surface area is 127 Å². The lowest BCUT2D eigenvalue weighted by Crippen LogP contribution is -2.21. The van der Waals surface area contributed by atoms with Gasteiger partial charge in [-0.05, 0) is 42.5 Å². The second kappa shape index (κ2) is 9.81. The molecule has 1 aromatic carbocycles. The molecule has 2 N–H and O–H groups in total. The minimum Gasteiger partial charge on any atom is -0.508 e. The summed E-state index contributed by atoms with van der Waals surface area (Å²) in [5.41, 5.74) is 2.26. The Bertz CT molecular complexity index is 486. The van der Waals surface area contributed by atoms with Crippen LogP contribution < -0.4 is 5.32 Å². The lowest BCUT2D eigenvalue weighted by molar-refractivity contribution is -0.116. The van der Waals surface area contributed by atoms with Gasteiger partial charge in [-0.2, -0.15) is 0 Å². The van der Waals surface area contributed by atoms with Crippen LogP contribution in [0.5, 0.6) is 5.75 Å². The maximum atomic E-state index is 11.5. The number of carbonyl (C=O) groups excluding carboxylic acids is 1. The number of hydrogen-bond acceptors (Lipinski definition) is 2. The minimum atomic E-state index is -0.0614. The van der Waals surface area contributed by atoms with Gasteiger partial charge in [-0.15, -0.1) is 0 Å². The Morgan fingerprint density at radius 1 is 1.19 bits per heavy atom. The molecule has 0 heterocycles. The molecule has 114 valence electrons. The highest BCUT2D eigenvalue weighted by molar-refractivity contribution is 5.88. The highest BCUT2D eigenvalue weighted by Crippen LogP contribution is 2.22. The van der Waals surface area contributed by atoms with E-state index >= 15 is 0 Å². The van der Waals surface area contributed by atoms with Crippen LogP contribution in [0.15, 0.2) is 42.5 Å². The number of benzene rings is 1. The van der Waals surface area contributed by atoms with Crippen LogP contribution in [0.3, 0.4) is 0 Å². The summed E-state index contributed by atoms with van der Waals surface area (Å²) < 4.78 is 0. The summed E-state index contributed by atoms with van der Waals surface area (Å²) in [6.45, 7) is 4.88. The number of unbranched alkanes of at least 4 members (excludes halogenated alkanes) is 1. The van der Waals surface area contributed by atoms with Crippen LogP contribution in [-0.2, 0) is 4.79 Å². The van der Waals surface area contributed by atoms with E-state index < -0.39 is 0 Å². The van der Waals surface area contributed by atoms with Crippen molar-refractivity contribution in [3.8, 4) is 5.75 Å². The number of aromatic hydroxyl groups is 1. The summed E-state index contributed by atoms with van der Waals surface area (Å²) in [4.78, 5) is 11.5. The zero-order valence-electron chi connectivity index (χ0n) is 12.9. The molecule has 0 aliphatic heterocycles. The summed E-state index contributed by atoms with van der Waals surface area (Å²) >= 11 is 0. The van der Waals surface area contributed by atoms with Crippen molar-refractivity contribution >= 4 is 11.5 Å². The zero-order valence-corrected chi connectivity index (χ0v) is 12.9. The van der Waals surface area contributed by atoms with E-state index in [1.807, 2.05) is 25.1 Å². The van der Waals surface area contributed by atoms with Crippen molar-refractivity contribution in [3.63, 3.8) is 0 Å². The molecule has 1 amide bonds. The van der Waals surface area contributed by atoms with Crippen molar-refractivity contribution in [2.75, 3.05) is 6.54 Å². The molecule has 0 spiro atoms. The van der Waals surface area contributed by atoms with Crippen molar-refractivity contribution in [2.45, 2.75) is 39.5 Å². The lowest BCUT2D eigenvalue weighted by Gasteiger charge is -2.06. The molecule has 0 radical (unpaired) electrons. The van der Waals surface area contributed by atoms with Crippen molar-refractivity contribution in [1.29, 1.82) is 0 Å². The molecule has 0 fully saturated rings. The van der Waals surface area contributed by atoms with Crippen LogP contribution in [-0.4, -0.2) is 17.6 Å². The van der Waals surface area contributed by atoms with Gasteiger partial charge in [-0.1, -0.05) is 44.6 Å². The number of rotatable bonds is 8. The molecule has 1 rings (SSSR count). The molecule has 0 saturated heterocycles. The smallest absolute Gasteiger partial charge is 0.243 e. The summed E-state index contributed by atoms with van der Waals surface area (Å²) in [5.74, 6) is 0.205. The molecule has 0 aliphatic carbocycles. The second-order valence-corrected chi connectivity index (χ2v) is 4.99. The van der Waals surface area contributed by atoms with Gasteiger partial charge < -0.3 is 10.4 Å². The molecule has 3 nitrogen and oxygen atoms in total. The Hall–Kier alpha value is -2.03. The third kappa shape index (κ3) is 6.80. The first-order valence-corrected chi connectivity index (χ1v) is 7.61. The lowest BCUT2D eigenvalue weighted by atomic mass is 9.99. The van der Waals surface area contributed by atoms with Gasteiger partial charge in [0.2, 0.25) is 5.91 Å². The van der Waals surface area contributed by atoms with Crippen LogP contribution in [0.2, 0.25) is 0 Å². The fourth-order valence-electron chi connectivity index (χ4n) is 1.93. The molecule has 0 bridgehead atoms. The Morgan fingerprint density at radius 2 is 1.90 bits per heavy atom. The van der Waals surface area contributed by atoms with E-state index in [-0.39, 0.29) is 11.7 Å². The van der Waals surface area contributed by atoms with Gasteiger partial charge >= 0.3 is 0 Å². The quantitative estimate of drug-likeness (QED) is 0.560. The zero-order chi connectivity index (χ0) is 15.5. The Kier molecular flexibility index (Phi) is 7.95. The second-order valence-electron chi connectivity index (χ2n) is 4.99. The van der Waals surface area contributed by atoms with Crippen molar-refractivity contribution in [3.05, 3.63) is 48.1 Å². The third-order valence-electron chi connectivity index (χ3n) is 3.13. The first kappa shape index (κ1) is 17.0. The standard InChI is InChI=1S/C18H25NO2/c1-3-5-7-15(16-10-12-17(20)13-11-16)8-6-9-18(21)19-14-4-2/h6,8-13,20H,3-5,7,14H2,1-2H3,(H,19,21)/b9-6+,15-8+. The van der Waals surface area contributed by atoms with Crippen LogP contribution in [0, 0.1) is 0 Å². The summed E-state index contributed by atoms with van der Waals surface area (Å²) in [6, 6.07) is 7.18. The van der Waals surface area contributed by atoms with E-state index in [2.05, 4.69) is 12.2 Å². The molecular weight excluding hydrogens is 262 g/mol.